The molecule has 120 valence electrons. The van der Waals surface area contributed by atoms with E-state index in [1.165, 1.54) is 37.9 Å². The highest BCUT2D eigenvalue weighted by Gasteiger charge is 2.34. The molecular weight excluding hydrogens is 260 g/mol. The molecule has 1 aliphatic carbocycles. The van der Waals surface area contributed by atoms with Crippen LogP contribution in [0.1, 0.15) is 51.8 Å². The molecule has 0 spiro atoms. The maximum atomic E-state index is 4.41. The maximum absolute atomic E-state index is 4.41. The van der Waals surface area contributed by atoms with Crippen molar-refractivity contribution < 1.29 is 0 Å². The van der Waals surface area contributed by atoms with E-state index in [1.54, 1.807) is 0 Å². The highest BCUT2D eigenvalue weighted by molar-refractivity contribution is 4.95. The molecule has 0 radical (unpaired) electrons. The molecule has 0 amide bonds. The second kappa shape index (κ2) is 7.41. The first-order valence-electron chi connectivity index (χ1n) is 8.48. The van der Waals surface area contributed by atoms with Crippen molar-refractivity contribution >= 4 is 0 Å². The predicted octanol–water partition coefficient (Wildman–Crippen LogP) is 2.69. The fourth-order valence-electron chi connectivity index (χ4n) is 3.54. The molecule has 0 saturated heterocycles. The van der Waals surface area contributed by atoms with E-state index in [-0.39, 0.29) is 0 Å². The number of hydrogen-bond acceptors (Lipinski definition) is 3. The Labute approximate surface area is 129 Å². The van der Waals surface area contributed by atoms with E-state index in [2.05, 4.69) is 53.9 Å². The van der Waals surface area contributed by atoms with Crippen LogP contribution < -0.4 is 5.32 Å². The summed E-state index contributed by atoms with van der Waals surface area (Å²) >= 11 is 0. The third kappa shape index (κ3) is 4.07. The Bertz CT molecular complexity index is 418. The van der Waals surface area contributed by atoms with Gasteiger partial charge in [-0.3, -0.25) is 0 Å². The third-order valence-corrected chi connectivity index (χ3v) is 5.10. The molecular formula is C17H32N4. The lowest BCUT2D eigenvalue weighted by molar-refractivity contribution is 0.0950. The molecule has 4 nitrogen and oxygen atoms in total. The average molecular weight is 292 g/mol. The van der Waals surface area contributed by atoms with Crippen LogP contribution in [-0.4, -0.2) is 46.7 Å². The molecule has 21 heavy (non-hydrogen) atoms. The van der Waals surface area contributed by atoms with Crippen LogP contribution in [0.5, 0.6) is 0 Å². The molecule has 1 fully saturated rings. The molecule has 1 atom stereocenters. The van der Waals surface area contributed by atoms with Gasteiger partial charge >= 0.3 is 0 Å². The summed E-state index contributed by atoms with van der Waals surface area (Å²) in [5.74, 6) is 1.18. The first kappa shape index (κ1) is 16.5. The van der Waals surface area contributed by atoms with Crippen molar-refractivity contribution in [1.82, 2.24) is 19.8 Å². The summed E-state index contributed by atoms with van der Waals surface area (Å²) in [4.78, 5) is 6.85. The van der Waals surface area contributed by atoms with Crippen LogP contribution in [0.25, 0.3) is 0 Å². The molecule has 0 aromatic carbocycles. The highest BCUT2D eigenvalue weighted by Crippen LogP contribution is 2.31. The summed E-state index contributed by atoms with van der Waals surface area (Å²) in [5, 5.41) is 3.77. The third-order valence-electron chi connectivity index (χ3n) is 5.10. The lowest BCUT2D eigenvalue weighted by Crippen LogP contribution is -2.54. The lowest BCUT2D eigenvalue weighted by Gasteiger charge is -2.44. The van der Waals surface area contributed by atoms with Gasteiger partial charge in [-0.15, -0.1) is 0 Å². The number of aryl methyl sites for hydroxylation is 1. The minimum absolute atomic E-state index is 0.356. The molecule has 1 aromatic rings. The monoisotopic (exact) mass is 292 g/mol. The van der Waals surface area contributed by atoms with Gasteiger partial charge in [0.05, 0.1) is 0 Å². The summed E-state index contributed by atoms with van der Waals surface area (Å²) in [6.07, 6.45) is 11.8. The molecule has 2 rings (SSSR count). The molecule has 1 N–H and O–H groups in total. The molecule has 1 heterocycles. The largest absolute Gasteiger partial charge is 0.333 e. The van der Waals surface area contributed by atoms with Crippen molar-refractivity contribution in [2.75, 3.05) is 20.6 Å². The fraction of sp³-hybridized carbons (Fsp3) is 0.824. The zero-order valence-corrected chi connectivity index (χ0v) is 14.2. The van der Waals surface area contributed by atoms with Crippen LogP contribution in [0.2, 0.25) is 0 Å². The van der Waals surface area contributed by atoms with Crippen LogP contribution in [0.3, 0.4) is 0 Å². The predicted molar refractivity (Wildman–Crippen MR) is 88.6 cm³/mol. The summed E-state index contributed by atoms with van der Waals surface area (Å²) in [6, 6.07) is 0.475. The number of rotatable bonds is 7. The molecule has 1 aromatic heterocycles. The topological polar surface area (TPSA) is 33.1 Å². The first-order chi connectivity index (χ1) is 10.1. The molecule has 0 aliphatic heterocycles. The number of imidazole rings is 1. The van der Waals surface area contributed by atoms with E-state index in [0.29, 0.717) is 11.6 Å². The van der Waals surface area contributed by atoms with Crippen molar-refractivity contribution in [3.8, 4) is 0 Å². The summed E-state index contributed by atoms with van der Waals surface area (Å²) in [5.41, 5.74) is 0.356. The van der Waals surface area contributed by atoms with E-state index in [0.717, 1.165) is 19.5 Å². The normalized spacial score (nSPS) is 19.9. The Morgan fingerprint density at radius 2 is 2.05 bits per heavy atom. The second-order valence-electron chi connectivity index (χ2n) is 6.81. The van der Waals surface area contributed by atoms with Crippen molar-refractivity contribution in [2.45, 2.75) is 70.5 Å². The molecule has 1 aliphatic rings. The van der Waals surface area contributed by atoms with Gasteiger partial charge < -0.3 is 14.8 Å². The van der Waals surface area contributed by atoms with Gasteiger partial charge in [0.15, 0.2) is 0 Å². The van der Waals surface area contributed by atoms with Crippen molar-refractivity contribution in [1.29, 1.82) is 0 Å². The quantitative estimate of drug-likeness (QED) is 0.839. The average Bonchev–Trinajstić information content (AvgIpc) is 2.93. The van der Waals surface area contributed by atoms with Crippen LogP contribution in [0.4, 0.5) is 0 Å². The van der Waals surface area contributed by atoms with Gasteiger partial charge in [-0.2, -0.15) is 0 Å². The number of nitrogens with zero attached hydrogens (tertiary/aromatic N) is 3. The van der Waals surface area contributed by atoms with E-state index in [9.17, 15) is 0 Å². The minimum atomic E-state index is 0.356. The minimum Gasteiger partial charge on any atom is -0.333 e. The van der Waals surface area contributed by atoms with Crippen molar-refractivity contribution in [3.05, 3.63) is 18.2 Å². The Morgan fingerprint density at radius 1 is 1.33 bits per heavy atom. The summed E-state index contributed by atoms with van der Waals surface area (Å²) in [7, 11) is 4.48. The maximum Gasteiger partial charge on any atom is 0.108 e. The molecule has 4 heteroatoms. The van der Waals surface area contributed by atoms with E-state index < -0.39 is 0 Å². The standard InChI is InChI=1S/C17H32N4/c1-5-16-18-11-12-21(16)13-15(2)19-14-17(20(3)4)9-7-6-8-10-17/h11-12,15,19H,5-10,13-14H2,1-4H3/t15-/m0/s1. The highest BCUT2D eigenvalue weighted by atomic mass is 15.2. The van der Waals surface area contributed by atoms with Gasteiger partial charge in [0, 0.05) is 43.5 Å². The van der Waals surface area contributed by atoms with Crippen LogP contribution in [0.15, 0.2) is 12.4 Å². The second-order valence-corrected chi connectivity index (χ2v) is 6.81. The Balaban J connectivity index is 1.88. The van der Waals surface area contributed by atoms with Gasteiger partial charge in [-0.25, -0.2) is 4.98 Å². The van der Waals surface area contributed by atoms with E-state index in [4.69, 9.17) is 0 Å². The van der Waals surface area contributed by atoms with Crippen LogP contribution in [0, 0.1) is 0 Å². The van der Waals surface area contributed by atoms with Gasteiger partial charge in [0.1, 0.15) is 5.82 Å². The van der Waals surface area contributed by atoms with Crippen LogP contribution in [-0.2, 0) is 13.0 Å². The van der Waals surface area contributed by atoms with Crippen LogP contribution >= 0.6 is 0 Å². The molecule has 0 bridgehead atoms. The Morgan fingerprint density at radius 3 is 2.67 bits per heavy atom. The van der Waals surface area contributed by atoms with Crippen molar-refractivity contribution in [3.63, 3.8) is 0 Å². The van der Waals surface area contributed by atoms with Gasteiger partial charge in [-0.1, -0.05) is 26.2 Å². The number of hydrogen-bond donors (Lipinski definition) is 1. The fourth-order valence-corrected chi connectivity index (χ4v) is 3.54. The summed E-state index contributed by atoms with van der Waals surface area (Å²) in [6.45, 7) is 6.55. The number of likely N-dealkylation sites (N-methyl/N-ethyl adjacent to an activating group) is 1. The first-order valence-corrected chi connectivity index (χ1v) is 8.48. The zero-order chi connectivity index (χ0) is 15.3. The van der Waals surface area contributed by atoms with Crippen molar-refractivity contribution in [2.24, 2.45) is 0 Å². The molecule has 0 unspecified atom stereocenters. The zero-order valence-electron chi connectivity index (χ0n) is 14.2. The summed E-state index contributed by atoms with van der Waals surface area (Å²) < 4.78 is 2.28. The number of nitrogens with one attached hydrogen (secondary N) is 1. The smallest absolute Gasteiger partial charge is 0.108 e. The Kier molecular flexibility index (Phi) is 5.82. The SMILES string of the molecule is CCc1nccn1C[C@H](C)NCC1(N(C)C)CCCCC1. The van der Waals surface area contributed by atoms with Gasteiger partial charge in [0.25, 0.3) is 0 Å². The van der Waals surface area contributed by atoms with Gasteiger partial charge in [-0.05, 0) is 33.9 Å². The van der Waals surface area contributed by atoms with Gasteiger partial charge in [0.2, 0.25) is 0 Å². The number of aromatic nitrogens is 2. The lowest BCUT2D eigenvalue weighted by atomic mass is 9.80. The van der Waals surface area contributed by atoms with E-state index in [1.807, 2.05) is 6.20 Å². The Hall–Kier alpha value is -0.870. The molecule has 1 saturated carbocycles. The van der Waals surface area contributed by atoms with E-state index >= 15 is 0 Å².